The van der Waals surface area contributed by atoms with Crippen LogP contribution in [0, 0.1) is 38.0 Å². The van der Waals surface area contributed by atoms with E-state index in [-0.39, 0.29) is 74.3 Å². The van der Waals surface area contributed by atoms with Crippen molar-refractivity contribution in [3.63, 3.8) is 0 Å². The number of non-ortho nitro benzene ring substituents is 2. The van der Waals surface area contributed by atoms with Crippen LogP contribution < -0.4 is 14.2 Å². The van der Waals surface area contributed by atoms with E-state index in [1.165, 1.54) is 36.4 Å². The van der Waals surface area contributed by atoms with Gasteiger partial charge in [-0.1, -0.05) is 49.2 Å². The lowest BCUT2D eigenvalue weighted by atomic mass is 9.55. The predicted octanol–water partition coefficient (Wildman–Crippen LogP) is 9.85. The number of nitro groups is 2. The number of oxime groups is 1. The van der Waals surface area contributed by atoms with E-state index < -0.39 is 33.7 Å². The van der Waals surface area contributed by atoms with Gasteiger partial charge in [0.15, 0.2) is 0 Å². The number of aldehydes is 1. The van der Waals surface area contributed by atoms with Gasteiger partial charge in [0.2, 0.25) is 5.79 Å². The fourth-order valence-electron chi connectivity index (χ4n) is 9.81. The fraction of sp³-hybridized carbons (Fsp3) is 0.392. The average molecular weight is 933 g/mol. The van der Waals surface area contributed by atoms with Crippen LogP contribution >= 0.6 is 0 Å². The van der Waals surface area contributed by atoms with Crippen molar-refractivity contribution in [1.82, 2.24) is 4.90 Å². The number of carbonyl (C=O) groups is 2. The third-order valence-corrected chi connectivity index (χ3v) is 12.8. The van der Waals surface area contributed by atoms with Crippen molar-refractivity contribution in [2.45, 2.75) is 82.6 Å². The normalized spacial score (nSPS) is 21.8. The maximum Gasteiger partial charge on any atom is 0.415 e. The lowest BCUT2D eigenvalue weighted by Gasteiger charge is -2.59. The summed E-state index contributed by atoms with van der Waals surface area (Å²) in [6.45, 7) is 6.11. The molecule has 0 spiro atoms. The molecule has 6 atom stereocenters. The Kier molecular flexibility index (Phi) is 16.3. The maximum absolute atomic E-state index is 14.7. The number of amides is 1. The molecule has 2 N–H and O–H groups in total. The first-order chi connectivity index (χ1) is 33.0. The van der Waals surface area contributed by atoms with Gasteiger partial charge in [-0.15, -0.1) is 6.58 Å². The number of benzene rings is 4. The predicted molar refractivity (Wildman–Crippen MR) is 251 cm³/mol. The minimum Gasteiger partial charge on any atom is -0.459 e. The van der Waals surface area contributed by atoms with Crippen molar-refractivity contribution < 1.29 is 53.4 Å². The van der Waals surface area contributed by atoms with Crippen molar-refractivity contribution in [2.24, 2.45) is 22.9 Å². The smallest absolute Gasteiger partial charge is 0.415 e. The molecule has 3 aliphatic rings. The highest BCUT2D eigenvalue weighted by Gasteiger charge is 2.65. The van der Waals surface area contributed by atoms with Crippen LogP contribution in [0.1, 0.15) is 85.7 Å². The molecule has 1 aliphatic heterocycles. The van der Waals surface area contributed by atoms with Gasteiger partial charge in [-0.2, -0.15) is 0 Å². The molecule has 0 unspecified atom stereocenters. The summed E-state index contributed by atoms with van der Waals surface area (Å²) < 4.78 is 26.7. The first kappa shape index (κ1) is 49.0. The van der Waals surface area contributed by atoms with E-state index in [2.05, 4.69) is 12.7 Å². The summed E-state index contributed by atoms with van der Waals surface area (Å²) in [6, 6.07) is 22.6. The molecular formula is C51H56N4O13. The standard InChI is InChI=1S/C51H56N4O13/c1-3-24-53(50(59)67-39-20-18-38(19-21-39)55(62)63)47-31-45(52-65-33-34-14-16-37(17-15-34)54(60)61)43-29-36(11-5-7-25-56)42(13-6-8-26-57)48-44-30-41(66-40-12-9-10-35(28-40)32-58)22-23-46(44)68-51(47,49(43)48)64-27-4-2/h4,9-10,12,14-23,28-30,32,36,42,47-49,56-57H,2-3,5-8,11,13,24-27,31,33H2,1H3/t36-,42+,47-,48+,49+,51+/m0/s1. The molecule has 4 aromatic carbocycles. The largest absolute Gasteiger partial charge is 0.459 e. The van der Waals surface area contributed by atoms with Gasteiger partial charge in [0, 0.05) is 67.5 Å². The molecular weight excluding hydrogens is 877 g/mol. The lowest BCUT2D eigenvalue weighted by molar-refractivity contribution is -0.385. The molecule has 4 aromatic rings. The Balaban J connectivity index is 1.42. The number of aliphatic hydroxyl groups is 2. The zero-order chi connectivity index (χ0) is 48.2. The number of aliphatic hydroxyl groups excluding tert-OH is 2. The number of rotatable bonds is 23. The Hall–Kier alpha value is -6.95. The van der Waals surface area contributed by atoms with Gasteiger partial charge in [-0.05, 0) is 110 Å². The van der Waals surface area contributed by atoms with E-state index in [4.69, 9.17) is 28.9 Å². The van der Waals surface area contributed by atoms with Crippen molar-refractivity contribution in [3.8, 4) is 23.0 Å². The zero-order valence-corrected chi connectivity index (χ0v) is 37.9. The highest BCUT2D eigenvalue weighted by Crippen LogP contribution is 2.62. The Bertz CT molecular complexity index is 2490. The van der Waals surface area contributed by atoms with Gasteiger partial charge in [0.05, 0.1) is 28.1 Å². The van der Waals surface area contributed by atoms with E-state index >= 15 is 0 Å². The molecule has 1 fully saturated rings. The fourth-order valence-corrected chi connectivity index (χ4v) is 9.81. The first-order valence-electron chi connectivity index (χ1n) is 22.9. The average Bonchev–Trinajstić information content (AvgIpc) is 3.34. The topological polar surface area (TPSA) is 223 Å². The molecule has 358 valence electrons. The molecule has 68 heavy (non-hydrogen) atoms. The number of nitrogens with zero attached hydrogens (tertiary/aromatic N) is 4. The molecule has 17 nitrogen and oxygen atoms in total. The third kappa shape index (κ3) is 10.9. The van der Waals surface area contributed by atoms with Crippen LogP contribution in [0.3, 0.4) is 0 Å². The van der Waals surface area contributed by atoms with Crippen molar-refractivity contribution >= 4 is 29.5 Å². The van der Waals surface area contributed by atoms with Crippen molar-refractivity contribution in [1.29, 1.82) is 0 Å². The molecule has 1 heterocycles. The summed E-state index contributed by atoms with van der Waals surface area (Å²) in [6.07, 6.45) is 8.34. The molecule has 1 saturated carbocycles. The van der Waals surface area contributed by atoms with Crippen LogP contribution in [0.4, 0.5) is 16.2 Å². The number of hydrogen-bond donors (Lipinski definition) is 2. The highest BCUT2D eigenvalue weighted by atomic mass is 16.7. The molecule has 0 radical (unpaired) electrons. The monoisotopic (exact) mass is 932 g/mol. The molecule has 1 amide bonds. The summed E-state index contributed by atoms with van der Waals surface area (Å²) in [5.41, 5.74) is 2.95. The van der Waals surface area contributed by atoms with Crippen LogP contribution in [-0.4, -0.2) is 81.2 Å². The minimum absolute atomic E-state index is 0.00876. The van der Waals surface area contributed by atoms with E-state index in [1.54, 1.807) is 53.4 Å². The van der Waals surface area contributed by atoms with Crippen LogP contribution in [0.25, 0.3) is 0 Å². The van der Waals surface area contributed by atoms with Crippen LogP contribution in [0.2, 0.25) is 0 Å². The molecule has 0 bridgehead atoms. The SMILES string of the molecule is C=CCO[C@@]12Oc3ccc(Oc4cccc(C=O)c4)cc3[C@H]3[C@H](CCCCO)[C@@H](CCCCO)C=C(C(=NOCc4ccc([N+](=O)[O-])cc4)C[C@@H]1N(CCC)C(=O)Oc1ccc([N+](=O)[O-])cc1)[C@H]32. The number of nitro benzene ring substituents is 2. The maximum atomic E-state index is 14.7. The Morgan fingerprint density at radius 3 is 2.25 bits per heavy atom. The van der Waals surface area contributed by atoms with Gasteiger partial charge in [0.25, 0.3) is 11.4 Å². The Morgan fingerprint density at radius 2 is 1.59 bits per heavy atom. The summed E-state index contributed by atoms with van der Waals surface area (Å²) in [4.78, 5) is 55.9. The second-order valence-electron chi connectivity index (χ2n) is 17.1. The highest BCUT2D eigenvalue weighted by molar-refractivity contribution is 6.03. The number of ether oxygens (including phenoxy) is 4. The van der Waals surface area contributed by atoms with Gasteiger partial charge in [0.1, 0.15) is 41.9 Å². The summed E-state index contributed by atoms with van der Waals surface area (Å²) in [5, 5.41) is 47.6. The van der Waals surface area contributed by atoms with E-state index in [9.17, 15) is 40.0 Å². The van der Waals surface area contributed by atoms with Crippen LogP contribution in [0.15, 0.2) is 120 Å². The molecule has 2 aliphatic carbocycles. The third-order valence-electron chi connectivity index (χ3n) is 12.8. The van der Waals surface area contributed by atoms with E-state index in [0.717, 1.165) is 23.8 Å². The number of carbonyl (C=O) groups excluding carboxylic acids is 2. The quantitative estimate of drug-likeness (QED) is 0.0233. The Morgan fingerprint density at radius 1 is 0.912 bits per heavy atom. The van der Waals surface area contributed by atoms with E-state index in [0.29, 0.717) is 72.6 Å². The van der Waals surface area contributed by atoms with E-state index in [1.807, 2.05) is 19.1 Å². The second kappa shape index (κ2) is 22.7. The molecule has 0 aromatic heterocycles. The number of fused-ring (bicyclic) bond motifs is 2. The number of unbranched alkanes of at least 4 members (excludes halogenated alkanes) is 2. The second-order valence-corrected chi connectivity index (χ2v) is 17.1. The minimum atomic E-state index is -1.61. The summed E-state index contributed by atoms with van der Waals surface area (Å²) in [7, 11) is 0. The van der Waals surface area contributed by atoms with Crippen LogP contribution in [-0.2, 0) is 16.2 Å². The van der Waals surface area contributed by atoms with Crippen molar-refractivity contribution in [2.75, 3.05) is 26.4 Å². The lowest BCUT2D eigenvalue weighted by Crippen LogP contribution is -2.70. The zero-order valence-electron chi connectivity index (χ0n) is 37.9. The van der Waals surface area contributed by atoms with Gasteiger partial charge in [-0.3, -0.25) is 29.9 Å². The molecule has 0 saturated heterocycles. The molecule has 7 rings (SSSR count). The summed E-state index contributed by atoms with van der Waals surface area (Å²) >= 11 is 0. The Labute approximate surface area is 393 Å². The number of hydrogen-bond acceptors (Lipinski definition) is 14. The van der Waals surface area contributed by atoms with Crippen molar-refractivity contribution in [3.05, 3.63) is 152 Å². The van der Waals surface area contributed by atoms with Gasteiger partial charge < -0.3 is 34.0 Å². The van der Waals surface area contributed by atoms with Gasteiger partial charge >= 0.3 is 6.09 Å². The van der Waals surface area contributed by atoms with Gasteiger partial charge in [-0.25, -0.2) is 4.79 Å². The number of allylic oxidation sites excluding steroid dienone is 1. The first-order valence-corrected chi connectivity index (χ1v) is 22.9. The van der Waals surface area contributed by atoms with Crippen LogP contribution in [0.5, 0.6) is 23.0 Å². The molecule has 17 heteroatoms. The summed E-state index contributed by atoms with van der Waals surface area (Å²) in [5.74, 6) is -1.29.